The van der Waals surface area contributed by atoms with Crippen LogP contribution in [-0.2, 0) is 9.59 Å². The lowest BCUT2D eigenvalue weighted by Crippen LogP contribution is -2.59. The molecule has 0 spiro atoms. The molecule has 0 N–H and O–H groups in total. The smallest absolute Gasteiger partial charge is 0.327 e. The zero-order valence-electron chi connectivity index (χ0n) is 11.2. The van der Waals surface area contributed by atoms with Crippen molar-refractivity contribution in [1.82, 2.24) is 4.90 Å². The standard InChI is InChI=1S/C12H15BrF5NO2/c1-2-7-3-4-19(8(5-7)9(20)6-13)10(21)11(14,15)12(16,17)18/h7-8H,2-6H2,1H3. The van der Waals surface area contributed by atoms with E-state index in [1.165, 1.54) is 0 Å². The van der Waals surface area contributed by atoms with Crippen LogP contribution in [-0.4, -0.2) is 46.6 Å². The first-order chi connectivity index (χ1) is 9.56. The lowest BCUT2D eigenvalue weighted by Gasteiger charge is -2.39. The summed E-state index contributed by atoms with van der Waals surface area (Å²) in [6, 6.07) is -1.23. The zero-order chi connectivity index (χ0) is 16.4. The fourth-order valence-electron chi connectivity index (χ4n) is 2.35. The molecule has 0 aromatic rings. The Hall–Kier alpha value is -0.730. The second kappa shape index (κ2) is 6.58. The van der Waals surface area contributed by atoms with Crippen LogP contribution in [0.25, 0.3) is 0 Å². The summed E-state index contributed by atoms with van der Waals surface area (Å²) >= 11 is 2.86. The van der Waals surface area contributed by atoms with Crippen molar-refractivity contribution in [3.63, 3.8) is 0 Å². The third-order valence-corrected chi connectivity index (χ3v) is 4.23. The first-order valence-corrected chi connectivity index (χ1v) is 7.52. The molecule has 1 fully saturated rings. The van der Waals surface area contributed by atoms with Gasteiger partial charge in [-0.05, 0) is 18.8 Å². The summed E-state index contributed by atoms with van der Waals surface area (Å²) in [5.41, 5.74) is 0. The number of hydrogen-bond acceptors (Lipinski definition) is 2. The fourth-order valence-corrected chi connectivity index (χ4v) is 2.72. The molecule has 21 heavy (non-hydrogen) atoms. The summed E-state index contributed by atoms with van der Waals surface area (Å²) in [4.78, 5) is 23.7. The third kappa shape index (κ3) is 3.73. The molecule has 0 saturated carbocycles. The lowest BCUT2D eigenvalue weighted by atomic mass is 9.87. The Morgan fingerprint density at radius 1 is 1.24 bits per heavy atom. The molecule has 122 valence electrons. The van der Waals surface area contributed by atoms with E-state index in [9.17, 15) is 31.5 Å². The van der Waals surface area contributed by atoms with Gasteiger partial charge in [-0.1, -0.05) is 29.3 Å². The predicted octanol–water partition coefficient (Wildman–Crippen LogP) is 3.17. The molecule has 1 saturated heterocycles. The van der Waals surface area contributed by atoms with Crippen molar-refractivity contribution in [2.45, 2.75) is 44.3 Å². The van der Waals surface area contributed by atoms with Gasteiger partial charge in [0.15, 0.2) is 5.78 Å². The second-order valence-electron chi connectivity index (χ2n) is 4.99. The maximum Gasteiger partial charge on any atom is 0.463 e. The van der Waals surface area contributed by atoms with Crippen LogP contribution in [0.1, 0.15) is 26.2 Å². The van der Waals surface area contributed by atoms with Gasteiger partial charge in [0, 0.05) is 6.54 Å². The number of hydrogen-bond donors (Lipinski definition) is 0. The van der Waals surface area contributed by atoms with E-state index in [4.69, 9.17) is 0 Å². The van der Waals surface area contributed by atoms with Crippen molar-refractivity contribution in [2.24, 2.45) is 5.92 Å². The summed E-state index contributed by atoms with van der Waals surface area (Å²) in [7, 11) is 0. The van der Waals surface area contributed by atoms with Crippen molar-refractivity contribution < 1.29 is 31.5 Å². The number of halogens is 6. The van der Waals surface area contributed by atoms with E-state index in [0.717, 1.165) is 0 Å². The van der Waals surface area contributed by atoms with E-state index < -0.39 is 29.8 Å². The monoisotopic (exact) mass is 379 g/mol. The van der Waals surface area contributed by atoms with Crippen molar-refractivity contribution >= 4 is 27.6 Å². The SMILES string of the molecule is CCC1CCN(C(=O)C(F)(F)C(F)(F)F)C(C(=O)CBr)C1. The van der Waals surface area contributed by atoms with Gasteiger partial charge >= 0.3 is 18.0 Å². The molecule has 1 amide bonds. The first-order valence-electron chi connectivity index (χ1n) is 6.40. The minimum absolute atomic E-state index is 0.0292. The number of piperidine rings is 1. The minimum Gasteiger partial charge on any atom is -0.327 e. The van der Waals surface area contributed by atoms with Crippen molar-refractivity contribution in [3.05, 3.63) is 0 Å². The Balaban J connectivity index is 3.03. The molecule has 0 bridgehead atoms. The molecule has 0 aromatic carbocycles. The summed E-state index contributed by atoms with van der Waals surface area (Å²) in [6.45, 7) is 1.56. The van der Waals surface area contributed by atoms with Crippen molar-refractivity contribution in [3.8, 4) is 0 Å². The van der Waals surface area contributed by atoms with Crippen LogP contribution >= 0.6 is 15.9 Å². The first kappa shape index (κ1) is 18.3. The van der Waals surface area contributed by atoms with E-state index >= 15 is 0 Å². The normalized spacial score (nSPS) is 24.0. The average Bonchev–Trinajstić information content (AvgIpc) is 2.43. The molecule has 9 heteroatoms. The molecule has 2 unspecified atom stereocenters. The molecule has 1 aliphatic rings. The van der Waals surface area contributed by atoms with E-state index in [1.807, 2.05) is 6.92 Å². The Bertz CT molecular complexity index is 413. The molecular formula is C12H15BrF5NO2. The van der Waals surface area contributed by atoms with Crippen LogP contribution in [0.3, 0.4) is 0 Å². The molecule has 0 radical (unpaired) electrons. The number of carbonyl (C=O) groups excluding carboxylic acids is 2. The highest BCUT2D eigenvalue weighted by atomic mass is 79.9. The maximum atomic E-state index is 13.2. The number of ketones is 1. The largest absolute Gasteiger partial charge is 0.463 e. The van der Waals surface area contributed by atoms with Gasteiger partial charge in [0.2, 0.25) is 0 Å². The van der Waals surface area contributed by atoms with E-state index in [0.29, 0.717) is 17.7 Å². The van der Waals surface area contributed by atoms with Crippen LogP contribution in [0.2, 0.25) is 0 Å². The number of nitrogens with zero attached hydrogens (tertiary/aromatic N) is 1. The van der Waals surface area contributed by atoms with Gasteiger partial charge in [0.05, 0.1) is 11.4 Å². The molecule has 2 atom stereocenters. The fraction of sp³-hybridized carbons (Fsp3) is 0.833. The minimum atomic E-state index is -5.96. The van der Waals surface area contributed by atoms with E-state index in [2.05, 4.69) is 15.9 Å². The molecular weight excluding hydrogens is 365 g/mol. The van der Waals surface area contributed by atoms with Crippen LogP contribution in [0.15, 0.2) is 0 Å². The number of alkyl halides is 6. The van der Waals surface area contributed by atoms with Gasteiger partial charge in [-0.2, -0.15) is 22.0 Å². The lowest BCUT2D eigenvalue weighted by molar-refractivity contribution is -0.275. The molecule has 1 aliphatic heterocycles. The van der Waals surface area contributed by atoms with Crippen molar-refractivity contribution in [2.75, 3.05) is 11.9 Å². The van der Waals surface area contributed by atoms with Gasteiger partial charge in [0.1, 0.15) is 0 Å². The highest BCUT2D eigenvalue weighted by Gasteiger charge is 2.65. The van der Waals surface area contributed by atoms with Gasteiger partial charge in [-0.3, -0.25) is 9.59 Å². The Morgan fingerprint density at radius 2 is 1.81 bits per heavy atom. The predicted molar refractivity (Wildman–Crippen MR) is 68.3 cm³/mol. The average molecular weight is 380 g/mol. The molecule has 0 aliphatic carbocycles. The number of likely N-dealkylation sites (tertiary alicyclic amines) is 1. The Kier molecular flexibility index (Phi) is 5.74. The van der Waals surface area contributed by atoms with Gasteiger partial charge in [-0.25, -0.2) is 0 Å². The van der Waals surface area contributed by atoms with Crippen LogP contribution in [0.4, 0.5) is 22.0 Å². The topological polar surface area (TPSA) is 37.4 Å². The molecule has 1 heterocycles. The van der Waals surface area contributed by atoms with Crippen molar-refractivity contribution in [1.29, 1.82) is 0 Å². The van der Waals surface area contributed by atoms with Crippen LogP contribution in [0.5, 0.6) is 0 Å². The van der Waals surface area contributed by atoms with E-state index in [-0.39, 0.29) is 24.2 Å². The van der Waals surface area contributed by atoms with Crippen LogP contribution in [0, 0.1) is 5.92 Å². The number of amides is 1. The van der Waals surface area contributed by atoms with Gasteiger partial charge in [0.25, 0.3) is 0 Å². The molecule has 1 rings (SSSR count). The number of carbonyl (C=O) groups is 2. The second-order valence-corrected chi connectivity index (χ2v) is 5.55. The van der Waals surface area contributed by atoms with E-state index in [1.54, 1.807) is 0 Å². The van der Waals surface area contributed by atoms with Gasteiger partial charge < -0.3 is 4.90 Å². The summed E-state index contributed by atoms with van der Waals surface area (Å²) in [5.74, 6) is -8.36. The third-order valence-electron chi connectivity index (χ3n) is 3.68. The number of rotatable bonds is 4. The number of Topliss-reactive ketones (excluding diaryl/α,β-unsaturated/α-hetero) is 1. The highest BCUT2D eigenvalue weighted by Crippen LogP contribution is 2.39. The van der Waals surface area contributed by atoms with Gasteiger partial charge in [-0.15, -0.1) is 0 Å². The summed E-state index contributed by atoms with van der Waals surface area (Å²) < 4.78 is 63.3. The summed E-state index contributed by atoms with van der Waals surface area (Å²) in [5, 5.41) is -0.199. The Labute approximate surface area is 127 Å². The zero-order valence-corrected chi connectivity index (χ0v) is 12.8. The Morgan fingerprint density at radius 3 is 2.24 bits per heavy atom. The maximum absolute atomic E-state index is 13.2. The summed E-state index contributed by atoms with van der Waals surface area (Å²) in [6.07, 6.45) is -4.87. The highest BCUT2D eigenvalue weighted by molar-refractivity contribution is 9.09. The quantitative estimate of drug-likeness (QED) is 0.555. The van der Waals surface area contributed by atoms with Crippen LogP contribution < -0.4 is 0 Å². The molecule has 0 aromatic heterocycles. The molecule has 3 nitrogen and oxygen atoms in total.